The first kappa shape index (κ1) is 20.0. The predicted octanol–water partition coefficient (Wildman–Crippen LogP) is 4.27. The van der Waals surface area contributed by atoms with Crippen LogP contribution in [0.5, 0.6) is 5.75 Å². The molecule has 3 rings (SSSR count). The van der Waals surface area contributed by atoms with E-state index in [-0.39, 0.29) is 24.1 Å². The number of nitrogens with one attached hydrogen (secondary N) is 1. The van der Waals surface area contributed by atoms with E-state index in [1.165, 1.54) is 4.90 Å². The lowest BCUT2D eigenvalue weighted by Gasteiger charge is -2.30. The van der Waals surface area contributed by atoms with E-state index in [9.17, 15) is 9.59 Å². The highest BCUT2D eigenvalue weighted by molar-refractivity contribution is 6.30. The Kier molecular flexibility index (Phi) is 6.37. The maximum atomic E-state index is 13.0. The summed E-state index contributed by atoms with van der Waals surface area (Å²) in [5, 5.41) is 3.44. The Morgan fingerprint density at radius 1 is 1.21 bits per heavy atom. The zero-order chi connectivity index (χ0) is 20.1. The maximum Gasteiger partial charge on any atom is 0.294 e. The highest BCUT2D eigenvalue weighted by Gasteiger charge is 2.31. The van der Waals surface area contributed by atoms with Crippen LogP contribution in [-0.4, -0.2) is 24.9 Å². The summed E-state index contributed by atoms with van der Waals surface area (Å²) in [6.45, 7) is 4.72. The van der Waals surface area contributed by atoms with Crippen molar-refractivity contribution in [2.45, 2.75) is 20.3 Å². The number of hydrogen-bond acceptors (Lipinski definition) is 3. The van der Waals surface area contributed by atoms with E-state index in [0.717, 1.165) is 12.0 Å². The molecule has 1 N–H and O–H groups in total. The van der Waals surface area contributed by atoms with E-state index in [0.29, 0.717) is 28.9 Å². The van der Waals surface area contributed by atoms with Gasteiger partial charge in [0.15, 0.2) is 11.5 Å². The van der Waals surface area contributed by atoms with Crippen LogP contribution in [0.15, 0.2) is 54.3 Å². The lowest BCUT2D eigenvalue weighted by molar-refractivity contribution is -0.123. The van der Waals surface area contributed by atoms with E-state index in [2.05, 4.69) is 19.2 Å². The molecule has 2 aromatic rings. The second kappa shape index (κ2) is 8.93. The van der Waals surface area contributed by atoms with Crippen LogP contribution in [0.25, 0.3) is 6.08 Å². The molecule has 2 aromatic carbocycles. The van der Waals surface area contributed by atoms with Gasteiger partial charge in [0.2, 0.25) is 5.91 Å². The number of halogens is 1. The van der Waals surface area contributed by atoms with Gasteiger partial charge in [0, 0.05) is 11.6 Å². The third-order valence-electron chi connectivity index (χ3n) is 4.32. The molecule has 1 aliphatic heterocycles. The van der Waals surface area contributed by atoms with Crippen molar-refractivity contribution in [3.63, 3.8) is 0 Å². The van der Waals surface area contributed by atoms with Crippen molar-refractivity contribution in [1.82, 2.24) is 5.32 Å². The van der Waals surface area contributed by atoms with Crippen molar-refractivity contribution in [2.24, 2.45) is 5.92 Å². The highest BCUT2D eigenvalue weighted by atomic mass is 35.5. The monoisotopic (exact) mass is 398 g/mol. The van der Waals surface area contributed by atoms with Crippen LogP contribution in [0.1, 0.15) is 25.8 Å². The minimum Gasteiger partial charge on any atom is -0.449 e. The Morgan fingerprint density at radius 3 is 2.75 bits per heavy atom. The molecule has 0 bridgehead atoms. The zero-order valence-corrected chi connectivity index (χ0v) is 16.7. The quantitative estimate of drug-likeness (QED) is 0.739. The number of amides is 2. The fraction of sp³-hybridized carbons (Fsp3) is 0.273. The van der Waals surface area contributed by atoms with Gasteiger partial charge in [-0.3, -0.25) is 14.5 Å². The Hall–Kier alpha value is -2.79. The normalized spacial score (nSPS) is 14.8. The molecule has 0 unspecified atom stereocenters. The van der Waals surface area contributed by atoms with Crippen LogP contribution in [0.4, 0.5) is 5.69 Å². The molecule has 2 amide bonds. The number of carbonyl (C=O) groups is 2. The van der Waals surface area contributed by atoms with Crippen molar-refractivity contribution < 1.29 is 14.3 Å². The lowest BCUT2D eigenvalue weighted by atomic mass is 10.1. The summed E-state index contributed by atoms with van der Waals surface area (Å²) in [5.74, 6) is 0.616. The molecule has 0 aromatic heterocycles. The van der Waals surface area contributed by atoms with Gasteiger partial charge in [0.25, 0.3) is 5.91 Å². The number of nitrogens with zero attached hydrogens (tertiary/aromatic N) is 1. The van der Waals surface area contributed by atoms with Gasteiger partial charge in [-0.05, 0) is 48.2 Å². The van der Waals surface area contributed by atoms with Crippen LogP contribution >= 0.6 is 11.6 Å². The van der Waals surface area contributed by atoms with Crippen molar-refractivity contribution in [1.29, 1.82) is 0 Å². The van der Waals surface area contributed by atoms with Crippen LogP contribution in [0.2, 0.25) is 5.02 Å². The first-order valence-electron chi connectivity index (χ1n) is 9.27. The summed E-state index contributed by atoms with van der Waals surface area (Å²) in [5.41, 5.74) is 1.33. The molecule has 1 heterocycles. The Balaban J connectivity index is 1.84. The molecule has 28 heavy (non-hydrogen) atoms. The number of rotatable bonds is 6. The second-order valence-corrected chi connectivity index (χ2v) is 7.49. The topological polar surface area (TPSA) is 58.6 Å². The van der Waals surface area contributed by atoms with Crippen molar-refractivity contribution in [3.8, 4) is 5.75 Å². The smallest absolute Gasteiger partial charge is 0.294 e. The van der Waals surface area contributed by atoms with E-state index in [4.69, 9.17) is 16.3 Å². The summed E-state index contributed by atoms with van der Waals surface area (Å²) in [4.78, 5) is 26.8. The second-order valence-electron chi connectivity index (χ2n) is 7.06. The fourth-order valence-corrected chi connectivity index (χ4v) is 3.07. The summed E-state index contributed by atoms with van der Waals surface area (Å²) >= 11 is 6.03. The fourth-order valence-electron chi connectivity index (χ4n) is 2.87. The number of benzene rings is 2. The average Bonchev–Trinajstić information content (AvgIpc) is 2.65. The van der Waals surface area contributed by atoms with Crippen LogP contribution < -0.4 is 15.0 Å². The number of carbonyl (C=O) groups excluding carboxylic acids is 2. The van der Waals surface area contributed by atoms with Gasteiger partial charge in [0.05, 0.1) is 5.69 Å². The number of anilines is 1. The first-order chi connectivity index (χ1) is 13.4. The number of para-hydroxylation sites is 2. The predicted molar refractivity (Wildman–Crippen MR) is 111 cm³/mol. The third kappa shape index (κ3) is 4.93. The van der Waals surface area contributed by atoms with Gasteiger partial charge < -0.3 is 10.1 Å². The maximum absolute atomic E-state index is 13.0. The van der Waals surface area contributed by atoms with Gasteiger partial charge in [-0.25, -0.2) is 0 Å². The molecular weight excluding hydrogens is 376 g/mol. The molecule has 0 aliphatic carbocycles. The number of fused-ring (bicyclic) bond motifs is 1. The molecule has 5 nitrogen and oxygen atoms in total. The Morgan fingerprint density at radius 2 is 2.00 bits per heavy atom. The SMILES string of the molecule is CC(C)CCNC(=O)CN1C(=O)/C(=C\c2cccc(Cl)c2)Oc2ccccc21. The minimum atomic E-state index is -0.363. The van der Waals surface area contributed by atoms with Crippen molar-refractivity contribution in [3.05, 3.63) is 64.9 Å². The number of hydrogen-bond donors (Lipinski definition) is 1. The van der Waals surface area contributed by atoms with E-state index >= 15 is 0 Å². The van der Waals surface area contributed by atoms with Crippen LogP contribution in [0, 0.1) is 5.92 Å². The van der Waals surface area contributed by atoms with E-state index in [1.54, 1.807) is 36.4 Å². The Labute approximate surface area is 169 Å². The summed E-state index contributed by atoms with van der Waals surface area (Å²) < 4.78 is 5.81. The Bertz CT molecular complexity index is 908. The van der Waals surface area contributed by atoms with Gasteiger partial charge in [0.1, 0.15) is 6.54 Å². The molecule has 6 heteroatoms. The van der Waals surface area contributed by atoms with Crippen molar-refractivity contribution >= 4 is 35.2 Å². The third-order valence-corrected chi connectivity index (χ3v) is 4.56. The highest BCUT2D eigenvalue weighted by Crippen LogP contribution is 2.35. The van der Waals surface area contributed by atoms with Gasteiger partial charge in [-0.15, -0.1) is 0 Å². The first-order valence-corrected chi connectivity index (χ1v) is 9.64. The molecule has 0 spiro atoms. The van der Waals surface area contributed by atoms with Crippen LogP contribution in [0.3, 0.4) is 0 Å². The van der Waals surface area contributed by atoms with E-state index in [1.807, 2.05) is 18.2 Å². The largest absolute Gasteiger partial charge is 0.449 e. The van der Waals surface area contributed by atoms with Crippen LogP contribution in [-0.2, 0) is 9.59 Å². The lowest BCUT2D eigenvalue weighted by Crippen LogP contribution is -2.44. The minimum absolute atomic E-state index is 0.0653. The average molecular weight is 399 g/mol. The zero-order valence-electron chi connectivity index (χ0n) is 15.9. The summed E-state index contributed by atoms with van der Waals surface area (Å²) in [6, 6.07) is 14.3. The molecular formula is C22H23ClN2O3. The van der Waals surface area contributed by atoms with Gasteiger partial charge in [-0.1, -0.05) is 49.7 Å². The molecule has 1 aliphatic rings. The van der Waals surface area contributed by atoms with Gasteiger partial charge in [-0.2, -0.15) is 0 Å². The molecule has 146 valence electrons. The summed E-state index contributed by atoms with van der Waals surface area (Å²) in [6.07, 6.45) is 2.52. The standard InChI is InChI=1S/C22H23ClN2O3/c1-15(2)10-11-24-21(26)14-25-18-8-3-4-9-19(18)28-20(22(25)27)13-16-6-5-7-17(23)12-16/h3-9,12-13,15H,10-11,14H2,1-2H3,(H,24,26)/b20-13+. The molecule has 0 atom stereocenters. The van der Waals surface area contributed by atoms with Crippen molar-refractivity contribution in [2.75, 3.05) is 18.0 Å². The molecule has 0 saturated carbocycles. The number of ether oxygens (including phenoxy) is 1. The summed E-state index contributed by atoms with van der Waals surface area (Å²) in [7, 11) is 0. The molecule has 0 radical (unpaired) electrons. The van der Waals surface area contributed by atoms with E-state index < -0.39 is 0 Å². The molecule has 0 fully saturated rings. The van der Waals surface area contributed by atoms with Gasteiger partial charge >= 0.3 is 0 Å². The molecule has 0 saturated heterocycles.